The van der Waals surface area contributed by atoms with Crippen molar-refractivity contribution in [2.45, 2.75) is 56.3 Å². The molecule has 0 radical (unpaired) electrons. The summed E-state index contributed by atoms with van der Waals surface area (Å²) in [5.41, 5.74) is 2.98. The van der Waals surface area contributed by atoms with Crippen LogP contribution < -0.4 is 5.32 Å². The van der Waals surface area contributed by atoms with Gasteiger partial charge in [0.2, 0.25) is 5.91 Å². The van der Waals surface area contributed by atoms with Crippen LogP contribution in [0.15, 0.2) is 72.1 Å². The van der Waals surface area contributed by atoms with Gasteiger partial charge in [-0.05, 0) is 77.4 Å². The van der Waals surface area contributed by atoms with Crippen molar-refractivity contribution in [3.63, 3.8) is 0 Å². The Morgan fingerprint density at radius 2 is 1.72 bits per heavy atom. The molecule has 2 heterocycles. The number of rotatable bonds is 5. The third-order valence-corrected chi connectivity index (χ3v) is 9.59. The van der Waals surface area contributed by atoms with Crippen molar-refractivity contribution in [1.82, 2.24) is 10.2 Å². The van der Waals surface area contributed by atoms with Gasteiger partial charge in [0.05, 0.1) is 18.1 Å². The van der Waals surface area contributed by atoms with Gasteiger partial charge < -0.3 is 15.3 Å². The summed E-state index contributed by atoms with van der Waals surface area (Å²) in [6.07, 6.45) is 2.17. The number of thiophene rings is 1. The normalized spacial score (nSPS) is 23.1. The van der Waals surface area contributed by atoms with E-state index >= 15 is 0 Å². The first-order valence-corrected chi connectivity index (χ1v) is 14.8. The van der Waals surface area contributed by atoms with Gasteiger partial charge in [-0.25, -0.2) is 0 Å². The van der Waals surface area contributed by atoms with Gasteiger partial charge in [-0.1, -0.05) is 65.7 Å². The predicted octanol–water partition coefficient (Wildman–Crippen LogP) is 7.11. The van der Waals surface area contributed by atoms with Gasteiger partial charge in [0.1, 0.15) is 0 Å². The van der Waals surface area contributed by atoms with Crippen molar-refractivity contribution in [3.8, 4) is 0 Å². The first kappa shape index (κ1) is 26.3. The third kappa shape index (κ3) is 4.95. The Balaban J connectivity index is 1.43. The molecule has 200 valence electrons. The van der Waals surface area contributed by atoms with Gasteiger partial charge in [0.15, 0.2) is 0 Å². The molecule has 2 amide bonds. The Bertz CT molecular complexity index is 1550. The van der Waals surface area contributed by atoms with Crippen molar-refractivity contribution in [3.05, 3.63) is 104 Å². The molecule has 4 aromatic rings. The zero-order chi connectivity index (χ0) is 27.1. The van der Waals surface area contributed by atoms with Crippen LogP contribution in [0, 0.1) is 0 Å². The van der Waals surface area contributed by atoms with Crippen molar-refractivity contribution in [2.75, 3.05) is 0 Å². The highest BCUT2D eigenvalue weighted by atomic mass is 35.5. The SMILES string of the molecule is O=C(NCc1csc2ccccc12)[C@@H]1c2ccccc2C(=O)N(C2CCC(O)CC2)[C@H]1c1ccc(Cl)cc1Cl. The van der Waals surface area contributed by atoms with Crippen LogP contribution in [-0.4, -0.2) is 34.0 Å². The van der Waals surface area contributed by atoms with Crippen molar-refractivity contribution >= 4 is 56.4 Å². The Labute approximate surface area is 241 Å². The zero-order valence-corrected chi connectivity index (χ0v) is 23.5. The summed E-state index contributed by atoms with van der Waals surface area (Å²) in [4.78, 5) is 30.1. The van der Waals surface area contributed by atoms with Gasteiger partial charge in [-0.15, -0.1) is 11.3 Å². The fourth-order valence-electron chi connectivity index (χ4n) is 6.11. The van der Waals surface area contributed by atoms with Gasteiger partial charge in [-0.2, -0.15) is 0 Å². The number of nitrogens with zero attached hydrogens (tertiary/aromatic N) is 1. The molecule has 1 aromatic heterocycles. The molecule has 0 bridgehead atoms. The van der Waals surface area contributed by atoms with E-state index in [0.29, 0.717) is 59.0 Å². The maximum absolute atomic E-state index is 14.2. The lowest BCUT2D eigenvalue weighted by Gasteiger charge is -2.47. The molecule has 8 heteroatoms. The van der Waals surface area contributed by atoms with Gasteiger partial charge in [0, 0.05) is 32.9 Å². The number of amides is 2. The van der Waals surface area contributed by atoms with E-state index in [4.69, 9.17) is 23.2 Å². The topological polar surface area (TPSA) is 69.6 Å². The van der Waals surface area contributed by atoms with E-state index in [2.05, 4.69) is 22.8 Å². The smallest absolute Gasteiger partial charge is 0.254 e. The molecule has 1 aliphatic carbocycles. The lowest BCUT2D eigenvalue weighted by atomic mass is 9.77. The molecule has 39 heavy (non-hydrogen) atoms. The lowest BCUT2D eigenvalue weighted by Crippen LogP contribution is -2.52. The van der Waals surface area contributed by atoms with Crippen LogP contribution in [0.2, 0.25) is 10.0 Å². The minimum atomic E-state index is -0.672. The number of carbonyl (C=O) groups excluding carboxylic acids is 2. The standard InChI is InChI=1S/C31H28Cl2N2O3S/c32-19-9-14-25(26(33)15-19)29-28(30(37)34-16-18-17-39-27-8-4-3-5-22(18)27)23-6-1-2-7-24(23)31(38)35(29)20-10-12-21(36)13-11-20/h1-9,14-15,17,20-21,28-29,36H,10-13,16H2,(H,34,37)/t20?,21?,28-,29+/m1/s1. The number of benzene rings is 3. The van der Waals surface area contributed by atoms with Crippen LogP contribution >= 0.6 is 34.5 Å². The Hall–Kier alpha value is -2.90. The van der Waals surface area contributed by atoms with E-state index in [9.17, 15) is 14.7 Å². The number of aliphatic hydroxyl groups is 1. The molecule has 2 aliphatic rings. The molecule has 6 rings (SSSR count). The maximum Gasteiger partial charge on any atom is 0.254 e. The Kier molecular flexibility index (Phi) is 7.38. The fraction of sp³-hybridized carbons (Fsp3) is 0.290. The van der Waals surface area contributed by atoms with E-state index in [1.165, 1.54) is 4.70 Å². The summed E-state index contributed by atoms with van der Waals surface area (Å²) in [7, 11) is 0. The average Bonchev–Trinajstić information content (AvgIpc) is 3.36. The Morgan fingerprint density at radius 3 is 2.51 bits per heavy atom. The number of hydrogen-bond acceptors (Lipinski definition) is 4. The van der Waals surface area contributed by atoms with E-state index in [0.717, 1.165) is 10.9 Å². The molecule has 0 spiro atoms. The second-order valence-corrected chi connectivity index (χ2v) is 12.1. The molecule has 1 saturated carbocycles. The summed E-state index contributed by atoms with van der Waals surface area (Å²) >= 11 is 14.7. The first-order chi connectivity index (χ1) is 18.9. The quantitative estimate of drug-likeness (QED) is 0.265. The monoisotopic (exact) mass is 578 g/mol. The minimum absolute atomic E-state index is 0.115. The van der Waals surface area contributed by atoms with Crippen LogP contribution in [0.25, 0.3) is 10.1 Å². The number of halogens is 2. The van der Waals surface area contributed by atoms with Crippen molar-refractivity contribution < 1.29 is 14.7 Å². The highest BCUT2D eigenvalue weighted by molar-refractivity contribution is 7.17. The minimum Gasteiger partial charge on any atom is -0.393 e. The summed E-state index contributed by atoms with van der Waals surface area (Å²) in [5, 5.41) is 17.5. The summed E-state index contributed by atoms with van der Waals surface area (Å²) in [6.45, 7) is 0.381. The Morgan fingerprint density at radius 1 is 0.974 bits per heavy atom. The van der Waals surface area contributed by atoms with Crippen LogP contribution in [0.4, 0.5) is 0 Å². The summed E-state index contributed by atoms with van der Waals surface area (Å²) in [5.74, 6) is -0.952. The zero-order valence-electron chi connectivity index (χ0n) is 21.1. The number of carbonyl (C=O) groups is 2. The van der Waals surface area contributed by atoms with E-state index in [-0.39, 0.29) is 24.0 Å². The second kappa shape index (κ2) is 10.9. The highest BCUT2D eigenvalue weighted by Crippen LogP contribution is 2.47. The molecule has 3 aromatic carbocycles. The van der Waals surface area contributed by atoms with Crippen LogP contribution in [0.5, 0.6) is 0 Å². The number of aliphatic hydroxyl groups excluding tert-OH is 1. The number of hydrogen-bond donors (Lipinski definition) is 2. The summed E-state index contributed by atoms with van der Waals surface area (Å²) in [6, 6.07) is 20.0. The van der Waals surface area contributed by atoms with E-state index in [1.807, 2.05) is 41.3 Å². The molecular weight excluding hydrogens is 551 g/mol. The number of fused-ring (bicyclic) bond motifs is 2. The molecule has 5 nitrogen and oxygen atoms in total. The van der Waals surface area contributed by atoms with Crippen molar-refractivity contribution in [1.29, 1.82) is 0 Å². The predicted molar refractivity (Wildman–Crippen MR) is 156 cm³/mol. The van der Waals surface area contributed by atoms with Gasteiger partial charge in [0.25, 0.3) is 5.91 Å². The van der Waals surface area contributed by atoms with Crippen molar-refractivity contribution in [2.24, 2.45) is 0 Å². The molecule has 1 aliphatic heterocycles. The summed E-state index contributed by atoms with van der Waals surface area (Å²) < 4.78 is 1.17. The van der Waals surface area contributed by atoms with Crippen LogP contribution in [-0.2, 0) is 11.3 Å². The first-order valence-electron chi connectivity index (χ1n) is 13.2. The molecule has 2 N–H and O–H groups in total. The van der Waals surface area contributed by atoms with E-state index < -0.39 is 12.0 Å². The molecule has 2 atom stereocenters. The molecular formula is C31H28Cl2N2O3S. The lowest BCUT2D eigenvalue weighted by molar-refractivity contribution is -0.124. The van der Waals surface area contributed by atoms with Crippen LogP contribution in [0.3, 0.4) is 0 Å². The second-order valence-electron chi connectivity index (χ2n) is 10.3. The van der Waals surface area contributed by atoms with Crippen LogP contribution in [0.1, 0.15) is 64.7 Å². The maximum atomic E-state index is 14.2. The third-order valence-electron chi connectivity index (χ3n) is 8.01. The van der Waals surface area contributed by atoms with Gasteiger partial charge >= 0.3 is 0 Å². The molecule has 0 saturated heterocycles. The fourth-order valence-corrected chi connectivity index (χ4v) is 7.59. The average molecular weight is 580 g/mol. The van der Waals surface area contributed by atoms with E-state index in [1.54, 1.807) is 29.5 Å². The molecule has 1 fully saturated rings. The van der Waals surface area contributed by atoms with Gasteiger partial charge in [-0.3, -0.25) is 9.59 Å². The largest absolute Gasteiger partial charge is 0.393 e. The number of nitrogens with one attached hydrogen (secondary N) is 1. The molecule has 0 unspecified atom stereocenters. The highest BCUT2D eigenvalue weighted by Gasteiger charge is 2.47.